The van der Waals surface area contributed by atoms with Crippen LogP contribution in [0.25, 0.3) is 0 Å². The number of amides is 2. The zero-order chi connectivity index (χ0) is 17.0. The molecule has 2 amide bonds. The molecule has 0 radical (unpaired) electrons. The number of hydrazine groups is 1. The molecule has 2 N–H and O–H groups in total. The molecule has 0 heterocycles. The highest BCUT2D eigenvalue weighted by Gasteiger charge is 2.11. The van der Waals surface area contributed by atoms with Crippen LogP contribution in [0.15, 0.2) is 42.5 Å². The number of nitro benzene ring substituents is 1. The van der Waals surface area contributed by atoms with E-state index in [1.54, 1.807) is 12.1 Å². The second-order valence-corrected chi connectivity index (χ2v) is 5.09. The first-order chi connectivity index (χ1) is 10.9. The summed E-state index contributed by atoms with van der Waals surface area (Å²) in [6.07, 6.45) is 0. The maximum absolute atomic E-state index is 12.0. The predicted molar refractivity (Wildman–Crippen MR) is 83.9 cm³/mol. The normalized spacial score (nSPS) is 10.0. The van der Waals surface area contributed by atoms with Gasteiger partial charge in [-0.1, -0.05) is 17.2 Å². The van der Waals surface area contributed by atoms with Crippen molar-refractivity contribution in [3.63, 3.8) is 0 Å². The van der Waals surface area contributed by atoms with E-state index in [2.05, 4.69) is 10.9 Å². The summed E-state index contributed by atoms with van der Waals surface area (Å²) in [5.74, 6) is -0.996. The number of carbonyl (C=O) groups is 2. The van der Waals surface area contributed by atoms with E-state index in [1.807, 2.05) is 19.9 Å². The van der Waals surface area contributed by atoms with Gasteiger partial charge < -0.3 is 0 Å². The van der Waals surface area contributed by atoms with Crippen LogP contribution in [0.2, 0.25) is 0 Å². The van der Waals surface area contributed by atoms with Gasteiger partial charge in [0.2, 0.25) is 0 Å². The summed E-state index contributed by atoms with van der Waals surface area (Å²) in [4.78, 5) is 33.9. The fraction of sp³-hybridized carbons (Fsp3) is 0.125. The van der Waals surface area contributed by atoms with Gasteiger partial charge in [-0.2, -0.15) is 0 Å². The Bertz CT molecular complexity index is 749. The van der Waals surface area contributed by atoms with Gasteiger partial charge in [0.25, 0.3) is 17.5 Å². The molecule has 0 aromatic heterocycles. The minimum absolute atomic E-state index is 0.110. The highest BCUT2D eigenvalue weighted by Crippen LogP contribution is 2.12. The summed E-state index contributed by atoms with van der Waals surface area (Å²) < 4.78 is 0. The topological polar surface area (TPSA) is 101 Å². The largest absolute Gasteiger partial charge is 0.269 e. The van der Waals surface area contributed by atoms with E-state index in [0.717, 1.165) is 11.1 Å². The quantitative estimate of drug-likeness (QED) is 0.670. The van der Waals surface area contributed by atoms with Crippen molar-refractivity contribution >= 4 is 17.5 Å². The Morgan fingerprint density at radius 3 is 1.83 bits per heavy atom. The van der Waals surface area contributed by atoms with E-state index in [9.17, 15) is 19.7 Å². The molecule has 0 fully saturated rings. The smallest absolute Gasteiger partial charge is 0.267 e. The molecule has 7 heteroatoms. The van der Waals surface area contributed by atoms with Gasteiger partial charge in [-0.15, -0.1) is 0 Å². The van der Waals surface area contributed by atoms with Crippen LogP contribution in [-0.4, -0.2) is 16.7 Å². The number of nitrogens with one attached hydrogen (secondary N) is 2. The third-order valence-electron chi connectivity index (χ3n) is 3.11. The Labute approximate surface area is 132 Å². The average Bonchev–Trinajstić information content (AvgIpc) is 2.51. The van der Waals surface area contributed by atoms with Crippen LogP contribution in [0.5, 0.6) is 0 Å². The van der Waals surface area contributed by atoms with Crippen LogP contribution < -0.4 is 10.9 Å². The zero-order valence-electron chi connectivity index (χ0n) is 12.6. The molecule has 0 aliphatic carbocycles. The van der Waals surface area contributed by atoms with Crippen molar-refractivity contribution in [2.24, 2.45) is 0 Å². The van der Waals surface area contributed by atoms with Gasteiger partial charge in [-0.3, -0.25) is 30.6 Å². The van der Waals surface area contributed by atoms with E-state index >= 15 is 0 Å². The molecular weight excluding hydrogens is 298 g/mol. The molecule has 2 aromatic rings. The van der Waals surface area contributed by atoms with Gasteiger partial charge in [0, 0.05) is 23.3 Å². The standard InChI is InChI=1S/C16H15N3O4/c1-10-7-11(2)9-13(8-10)16(21)18-17-15(20)12-3-5-14(6-4-12)19(22)23/h3-9H,1-2H3,(H,17,20)(H,18,21). The van der Waals surface area contributed by atoms with E-state index in [4.69, 9.17) is 0 Å². The molecule has 2 rings (SSSR count). The van der Waals surface area contributed by atoms with Gasteiger partial charge >= 0.3 is 0 Å². The number of benzene rings is 2. The molecule has 0 aliphatic rings. The third-order valence-corrected chi connectivity index (χ3v) is 3.11. The van der Waals surface area contributed by atoms with Crippen LogP contribution in [0.1, 0.15) is 31.8 Å². The maximum Gasteiger partial charge on any atom is 0.269 e. The first-order valence-electron chi connectivity index (χ1n) is 6.80. The minimum Gasteiger partial charge on any atom is -0.267 e. The second kappa shape index (κ2) is 6.69. The number of non-ortho nitro benzene ring substituents is 1. The van der Waals surface area contributed by atoms with Crippen molar-refractivity contribution in [1.29, 1.82) is 0 Å². The van der Waals surface area contributed by atoms with E-state index in [1.165, 1.54) is 24.3 Å². The van der Waals surface area contributed by atoms with Gasteiger partial charge in [-0.25, -0.2) is 0 Å². The lowest BCUT2D eigenvalue weighted by molar-refractivity contribution is -0.384. The number of nitro groups is 1. The van der Waals surface area contributed by atoms with Crippen molar-refractivity contribution in [2.75, 3.05) is 0 Å². The van der Waals surface area contributed by atoms with E-state index < -0.39 is 16.7 Å². The zero-order valence-corrected chi connectivity index (χ0v) is 12.6. The number of hydrogen-bond donors (Lipinski definition) is 2. The van der Waals surface area contributed by atoms with Crippen LogP contribution in [0.4, 0.5) is 5.69 Å². The Hall–Kier alpha value is -3.22. The van der Waals surface area contributed by atoms with Gasteiger partial charge in [0.1, 0.15) is 0 Å². The molecule has 118 valence electrons. The highest BCUT2D eigenvalue weighted by atomic mass is 16.6. The van der Waals surface area contributed by atoms with E-state index in [-0.39, 0.29) is 11.3 Å². The summed E-state index contributed by atoms with van der Waals surface area (Å²) in [7, 11) is 0. The number of hydrogen-bond acceptors (Lipinski definition) is 4. The molecule has 2 aromatic carbocycles. The molecule has 0 spiro atoms. The van der Waals surface area contributed by atoms with Gasteiger partial charge in [0.15, 0.2) is 0 Å². The third kappa shape index (κ3) is 4.13. The molecule has 0 atom stereocenters. The summed E-state index contributed by atoms with van der Waals surface area (Å²) in [5, 5.41) is 10.6. The highest BCUT2D eigenvalue weighted by molar-refractivity contribution is 5.99. The average molecular weight is 313 g/mol. The molecular formula is C16H15N3O4. The summed E-state index contributed by atoms with van der Waals surface area (Å²) >= 11 is 0. The van der Waals surface area contributed by atoms with Crippen molar-refractivity contribution in [1.82, 2.24) is 10.9 Å². The van der Waals surface area contributed by atoms with Crippen molar-refractivity contribution in [3.05, 3.63) is 74.8 Å². The fourth-order valence-electron chi connectivity index (χ4n) is 2.10. The van der Waals surface area contributed by atoms with Crippen LogP contribution in [0, 0.1) is 24.0 Å². The molecule has 0 unspecified atom stereocenters. The van der Waals surface area contributed by atoms with E-state index in [0.29, 0.717) is 5.56 Å². The first kappa shape index (κ1) is 16.2. The van der Waals surface area contributed by atoms with Crippen LogP contribution >= 0.6 is 0 Å². The minimum atomic E-state index is -0.558. The summed E-state index contributed by atoms with van der Waals surface area (Å²) in [6.45, 7) is 3.75. The Balaban J connectivity index is 2.00. The molecule has 0 aliphatic heterocycles. The number of nitrogens with zero attached hydrogens (tertiary/aromatic N) is 1. The molecule has 0 saturated carbocycles. The molecule has 7 nitrogen and oxygen atoms in total. The van der Waals surface area contributed by atoms with Crippen molar-refractivity contribution < 1.29 is 14.5 Å². The molecule has 0 bridgehead atoms. The molecule has 0 saturated heterocycles. The van der Waals surface area contributed by atoms with Crippen LogP contribution in [-0.2, 0) is 0 Å². The second-order valence-electron chi connectivity index (χ2n) is 5.09. The Morgan fingerprint density at radius 2 is 1.35 bits per heavy atom. The number of rotatable bonds is 3. The summed E-state index contributed by atoms with van der Waals surface area (Å²) in [5.41, 5.74) is 7.01. The lowest BCUT2D eigenvalue weighted by atomic mass is 10.1. The monoisotopic (exact) mass is 313 g/mol. The predicted octanol–water partition coefficient (Wildman–Crippen LogP) is 2.29. The Kier molecular flexibility index (Phi) is 4.70. The number of carbonyl (C=O) groups excluding carboxylic acids is 2. The van der Waals surface area contributed by atoms with Gasteiger partial charge in [0.05, 0.1) is 4.92 Å². The maximum atomic E-state index is 12.0. The van der Waals surface area contributed by atoms with Crippen molar-refractivity contribution in [2.45, 2.75) is 13.8 Å². The van der Waals surface area contributed by atoms with Crippen LogP contribution in [0.3, 0.4) is 0 Å². The molecule has 23 heavy (non-hydrogen) atoms. The lowest BCUT2D eigenvalue weighted by Gasteiger charge is -2.08. The number of aryl methyl sites for hydroxylation is 2. The van der Waals surface area contributed by atoms with Gasteiger partial charge in [-0.05, 0) is 38.1 Å². The SMILES string of the molecule is Cc1cc(C)cc(C(=O)NNC(=O)c2ccc([N+](=O)[O-])cc2)c1. The lowest BCUT2D eigenvalue weighted by Crippen LogP contribution is -2.41. The Morgan fingerprint density at radius 1 is 0.870 bits per heavy atom. The fourth-order valence-corrected chi connectivity index (χ4v) is 2.10. The first-order valence-corrected chi connectivity index (χ1v) is 6.80. The van der Waals surface area contributed by atoms with Crippen molar-refractivity contribution in [3.8, 4) is 0 Å². The summed E-state index contributed by atoms with van der Waals surface area (Å²) in [6, 6.07) is 10.4.